The number of ether oxygens (including phenoxy) is 1. The molecule has 0 aromatic heterocycles. The highest BCUT2D eigenvalue weighted by atomic mass is 32.1. The third-order valence-electron chi connectivity index (χ3n) is 4.86. The molecule has 0 radical (unpaired) electrons. The molecule has 2 aromatic carbocycles. The molecule has 0 unspecified atom stereocenters. The van der Waals surface area contributed by atoms with Crippen LogP contribution in [0.15, 0.2) is 42.5 Å². The number of methoxy groups -OCH3 is 1. The van der Waals surface area contributed by atoms with Gasteiger partial charge in [0.1, 0.15) is 0 Å². The topological polar surface area (TPSA) is 100.0 Å². The lowest BCUT2D eigenvalue weighted by atomic mass is 10.1. The molecule has 0 bridgehead atoms. The molecule has 2 N–H and O–H groups in total. The Morgan fingerprint density at radius 3 is 2.40 bits per heavy atom. The molecule has 9 nitrogen and oxygen atoms in total. The maximum atomic E-state index is 12.4. The van der Waals surface area contributed by atoms with Crippen LogP contribution >= 0.6 is 12.2 Å². The Kier molecular flexibility index (Phi) is 6.80. The Bertz CT molecular complexity index is 943. The number of thiocarbonyl (C=S) groups is 1. The van der Waals surface area contributed by atoms with Crippen LogP contribution < -0.4 is 20.3 Å². The molecule has 1 amide bonds. The van der Waals surface area contributed by atoms with Crippen molar-refractivity contribution in [2.24, 2.45) is 0 Å². The molecule has 0 spiro atoms. The number of anilines is 2. The van der Waals surface area contributed by atoms with Crippen molar-refractivity contribution in [1.82, 2.24) is 10.2 Å². The zero-order chi connectivity index (χ0) is 21.7. The number of benzene rings is 2. The number of nitro benzene ring substituents is 1. The van der Waals surface area contributed by atoms with Crippen LogP contribution in [0.2, 0.25) is 0 Å². The first-order valence-electron chi connectivity index (χ1n) is 9.35. The molecule has 0 saturated carbocycles. The first kappa shape index (κ1) is 21.5. The predicted molar refractivity (Wildman–Crippen MR) is 119 cm³/mol. The van der Waals surface area contributed by atoms with Gasteiger partial charge in [0.05, 0.1) is 12.0 Å². The second kappa shape index (κ2) is 9.51. The van der Waals surface area contributed by atoms with Crippen molar-refractivity contribution >= 4 is 40.3 Å². The fraction of sp³-hybridized carbons (Fsp3) is 0.300. The molecule has 1 aliphatic rings. The van der Waals surface area contributed by atoms with Gasteiger partial charge in [-0.05, 0) is 55.7 Å². The van der Waals surface area contributed by atoms with E-state index in [0.717, 1.165) is 43.6 Å². The van der Waals surface area contributed by atoms with Gasteiger partial charge in [-0.1, -0.05) is 0 Å². The summed E-state index contributed by atoms with van der Waals surface area (Å²) in [5, 5.41) is 16.7. The molecule has 158 valence electrons. The third kappa shape index (κ3) is 5.22. The van der Waals surface area contributed by atoms with Gasteiger partial charge in [-0.3, -0.25) is 20.2 Å². The fourth-order valence-electron chi connectivity index (χ4n) is 3.13. The summed E-state index contributed by atoms with van der Waals surface area (Å²) in [6.45, 7) is 4.01. The number of nitrogens with zero attached hydrogens (tertiary/aromatic N) is 3. The summed E-state index contributed by atoms with van der Waals surface area (Å²) >= 11 is 5.20. The van der Waals surface area contributed by atoms with Crippen molar-refractivity contribution in [3.8, 4) is 5.75 Å². The molecule has 1 aliphatic heterocycles. The smallest absolute Gasteiger partial charge is 0.311 e. The Hall–Kier alpha value is -3.24. The monoisotopic (exact) mass is 429 g/mol. The zero-order valence-electron chi connectivity index (χ0n) is 16.8. The summed E-state index contributed by atoms with van der Waals surface area (Å²) in [6.07, 6.45) is 0. The normalized spacial score (nSPS) is 14.1. The lowest BCUT2D eigenvalue weighted by Gasteiger charge is -2.34. The highest BCUT2D eigenvalue weighted by molar-refractivity contribution is 7.80. The van der Waals surface area contributed by atoms with Gasteiger partial charge in [0.2, 0.25) is 0 Å². The van der Waals surface area contributed by atoms with Crippen LogP contribution in [0.4, 0.5) is 17.1 Å². The molecule has 10 heteroatoms. The minimum absolute atomic E-state index is 0.0812. The van der Waals surface area contributed by atoms with E-state index < -0.39 is 10.8 Å². The van der Waals surface area contributed by atoms with E-state index in [-0.39, 0.29) is 22.1 Å². The van der Waals surface area contributed by atoms with Gasteiger partial charge in [-0.25, -0.2) is 0 Å². The molecule has 2 aromatic rings. The van der Waals surface area contributed by atoms with Crippen LogP contribution in [0.3, 0.4) is 0 Å². The minimum Gasteiger partial charge on any atom is -0.490 e. The average molecular weight is 430 g/mol. The first-order chi connectivity index (χ1) is 14.4. The Morgan fingerprint density at radius 2 is 1.80 bits per heavy atom. The van der Waals surface area contributed by atoms with E-state index in [4.69, 9.17) is 17.0 Å². The number of carbonyl (C=O) groups excluding carboxylic acids is 1. The largest absolute Gasteiger partial charge is 0.490 e. The lowest BCUT2D eigenvalue weighted by molar-refractivity contribution is -0.385. The number of piperazine rings is 1. The molecule has 0 aliphatic carbocycles. The zero-order valence-corrected chi connectivity index (χ0v) is 17.6. The lowest BCUT2D eigenvalue weighted by Crippen LogP contribution is -2.44. The quantitative estimate of drug-likeness (QED) is 0.425. The number of nitrogens with one attached hydrogen (secondary N) is 2. The number of hydrogen-bond donors (Lipinski definition) is 2. The summed E-state index contributed by atoms with van der Waals surface area (Å²) in [6, 6.07) is 11.8. The van der Waals surface area contributed by atoms with E-state index in [1.807, 2.05) is 24.3 Å². The van der Waals surface area contributed by atoms with Gasteiger partial charge in [-0.15, -0.1) is 0 Å². The summed E-state index contributed by atoms with van der Waals surface area (Å²) < 4.78 is 4.94. The number of nitro groups is 1. The maximum Gasteiger partial charge on any atom is 0.311 e. The van der Waals surface area contributed by atoms with Crippen molar-refractivity contribution in [2.75, 3.05) is 50.6 Å². The summed E-state index contributed by atoms with van der Waals surface area (Å²) in [5.41, 5.74) is 1.69. The SMILES string of the molecule is COc1ccc(C(=O)NC(=S)Nc2ccc(N3CCN(C)CC3)cc2)cc1[N+](=O)[O-]. The number of likely N-dealkylation sites (N-methyl/N-ethyl adjacent to an activating group) is 1. The van der Waals surface area contributed by atoms with E-state index in [1.165, 1.54) is 19.2 Å². The van der Waals surface area contributed by atoms with Gasteiger partial charge >= 0.3 is 5.69 Å². The van der Waals surface area contributed by atoms with Crippen molar-refractivity contribution in [2.45, 2.75) is 0 Å². The number of rotatable bonds is 5. The van der Waals surface area contributed by atoms with Gasteiger partial charge in [0.15, 0.2) is 10.9 Å². The third-order valence-corrected chi connectivity index (χ3v) is 5.06. The van der Waals surface area contributed by atoms with Crippen LogP contribution in [0.1, 0.15) is 10.4 Å². The van der Waals surface area contributed by atoms with Crippen LogP contribution in [0.5, 0.6) is 5.75 Å². The second-order valence-corrected chi connectivity index (χ2v) is 7.30. The predicted octanol–water partition coefficient (Wildman–Crippen LogP) is 2.48. The van der Waals surface area contributed by atoms with Gasteiger partial charge < -0.3 is 19.9 Å². The highest BCUT2D eigenvalue weighted by Crippen LogP contribution is 2.27. The van der Waals surface area contributed by atoms with Gasteiger partial charge in [0, 0.05) is 49.2 Å². The number of amides is 1. The molecular formula is C20H23N5O4S. The summed E-state index contributed by atoms with van der Waals surface area (Å²) in [4.78, 5) is 27.5. The first-order valence-corrected chi connectivity index (χ1v) is 9.76. The summed E-state index contributed by atoms with van der Waals surface area (Å²) in [5.74, 6) is -0.468. The van der Waals surface area contributed by atoms with Gasteiger partial charge in [-0.2, -0.15) is 0 Å². The van der Waals surface area contributed by atoms with Crippen LogP contribution in [-0.2, 0) is 0 Å². The second-order valence-electron chi connectivity index (χ2n) is 6.89. The Morgan fingerprint density at radius 1 is 1.13 bits per heavy atom. The molecule has 3 rings (SSSR count). The standard InChI is InChI=1S/C20H23N5O4S/c1-23-9-11-24(12-10-23)16-6-4-15(5-7-16)21-20(30)22-19(26)14-3-8-18(29-2)17(13-14)25(27)28/h3-8,13H,9-12H2,1-2H3,(H2,21,22,26,30). The minimum atomic E-state index is -0.603. The van der Waals surface area contributed by atoms with Crippen molar-refractivity contribution in [1.29, 1.82) is 0 Å². The molecule has 0 atom stereocenters. The van der Waals surface area contributed by atoms with Crippen molar-refractivity contribution < 1.29 is 14.5 Å². The van der Waals surface area contributed by atoms with Crippen LogP contribution in [-0.4, -0.2) is 61.2 Å². The molecule has 1 heterocycles. The highest BCUT2D eigenvalue weighted by Gasteiger charge is 2.19. The molecular weight excluding hydrogens is 406 g/mol. The summed E-state index contributed by atoms with van der Waals surface area (Å²) in [7, 11) is 3.44. The van der Waals surface area contributed by atoms with Crippen molar-refractivity contribution in [3.05, 3.63) is 58.1 Å². The van der Waals surface area contributed by atoms with Gasteiger partial charge in [0.25, 0.3) is 5.91 Å². The molecule has 1 saturated heterocycles. The van der Waals surface area contributed by atoms with E-state index >= 15 is 0 Å². The van der Waals surface area contributed by atoms with Crippen molar-refractivity contribution in [3.63, 3.8) is 0 Å². The van der Waals surface area contributed by atoms with E-state index in [2.05, 4.69) is 27.5 Å². The number of hydrogen-bond acceptors (Lipinski definition) is 7. The fourth-order valence-corrected chi connectivity index (χ4v) is 3.34. The van der Waals surface area contributed by atoms with Crippen LogP contribution in [0, 0.1) is 10.1 Å². The number of carbonyl (C=O) groups is 1. The van der Waals surface area contributed by atoms with E-state index in [9.17, 15) is 14.9 Å². The Balaban J connectivity index is 1.59. The Labute approximate surface area is 179 Å². The molecule has 1 fully saturated rings. The molecule has 30 heavy (non-hydrogen) atoms. The van der Waals surface area contributed by atoms with E-state index in [0.29, 0.717) is 0 Å². The maximum absolute atomic E-state index is 12.4. The van der Waals surface area contributed by atoms with Crippen LogP contribution in [0.25, 0.3) is 0 Å². The average Bonchev–Trinajstić information content (AvgIpc) is 2.74. The van der Waals surface area contributed by atoms with E-state index in [1.54, 1.807) is 0 Å².